The molecular weight excluding hydrogens is 150 g/mol. The Morgan fingerprint density at radius 1 is 1.42 bits per heavy atom. The number of benzene rings is 1. The van der Waals surface area contributed by atoms with Gasteiger partial charge < -0.3 is 0 Å². The van der Waals surface area contributed by atoms with Crippen LogP contribution in [0.3, 0.4) is 0 Å². The number of carbonyl (C=O) groups excluding carboxylic acids is 1. The molecule has 1 aliphatic heterocycles. The highest BCUT2D eigenvalue weighted by Crippen LogP contribution is 2.23. The van der Waals surface area contributed by atoms with E-state index in [2.05, 4.69) is 18.0 Å². The lowest BCUT2D eigenvalue weighted by Crippen LogP contribution is -2.07. The summed E-state index contributed by atoms with van der Waals surface area (Å²) in [5.74, 6) is 0. The minimum atomic E-state index is 0.844. The van der Waals surface area contributed by atoms with Gasteiger partial charge in [0.25, 0.3) is 0 Å². The average molecular weight is 161 g/mol. The third kappa shape index (κ3) is 1.04. The SMILES string of the molecule is CN1Cc2cccc(C=O)c2C1. The minimum absolute atomic E-state index is 0.844. The zero-order valence-electron chi connectivity index (χ0n) is 7.08. The summed E-state index contributed by atoms with van der Waals surface area (Å²) < 4.78 is 0. The molecule has 0 amide bonds. The monoisotopic (exact) mass is 161 g/mol. The summed E-state index contributed by atoms with van der Waals surface area (Å²) in [6.45, 7) is 1.88. The van der Waals surface area contributed by atoms with Gasteiger partial charge in [0.2, 0.25) is 0 Å². The maximum Gasteiger partial charge on any atom is 0.150 e. The fourth-order valence-electron chi connectivity index (χ4n) is 1.72. The molecule has 2 heteroatoms. The molecule has 1 heterocycles. The summed E-state index contributed by atoms with van der Waals surface area (Å²) in [6.07, 6.45) is 0.942. The Morgan fingerprint density at radius 3 is 3.00 bits per heavy atom. The van der Waals surface area contributed by atoms with Gasteiger partial charge in [-0.2, -0.15) is 0 Å². The van der Waals surface area contributed by atoms with Crippen molar-refractivity contribution in [3.63, 3.8) is 0 Å². The molecule has 0 unspecified atom stereocenters. The molecule has 0 saturated heterocycles. The van der Waals surface area contributed by atoms with Crippen LogP contribution in [0.15, 0.2) is 18.2 Å². The lowest BCUT2D eigenvalue weighted by Gasteiger charge is -2.03. The van der Waals surface area contributed by atoms with Crippen molar-refractivity contribution in [3.8, 4) is 0 Å². The Labute approximate surface area is 71.8 Å². The van der Waals surface area contributed by atoms with Gasteiger partial charge in [0, 0.05) is 18.7 Å². The van der Waals surface area contributed by atoms with Crippen LogP contribution in [0.5, 0.6) is 0 Å². The predicted octanol–water partition coefficient (Wildman–Crippen LogP) is 1.44. The quantitative estimate of drug-likeness (QED) is 0.581. The third-order valence-electron chi connectivity index (χ3n) is 2.30. The summed E-state index contributed by atoms with van der Waals surface area (Å²) >= 11 is 0. The summed E-state index contributed by atoms with van der Waals surface area (Å²) in [4.78, 5) is 12.9. The van der Waals surface area contributed by atoms with E-state index in [0.29, 0.717) is 0 Å². The van der Waals surface area contributed by atoms with Crippen LogP contribution in [-0.4, -0.2) is 18.2 Å². The van der Waals surface area contributed by atoms with Gasteiger partial charge in [0.05, 0.1) is 0 Å². The van der Waals surface area contributed by atoms with Crippen molar-refractivity contribution in [2.45, 2.75) is 13.1 Å². The van der Waals surface area contributed by atoms with Gasteiger partial charge in [-0.05, 0) is 18.2 Å². The van der Waals surface area contributed by atoms with Crippen molar-refractivity contribution in [3.05, 3.63) is 34.9 Å². The second-order valence-corrected chi connectivity index (χ2v) is 3.28. The van der Waals surface area contributed by atoms with Gasteiger partial charge in [-0.25, -0.2) is 0 Å². The van der Waals surface area contributed by atoms with E-state index < -0.39 is 0 Å². The van der Waals surface area contributed by atoms with E-state index >= 15 is 0 Å². The topological polar surface area (TPSA) is 20.3 Å². The molecule has 1 aliphatic rings. The zero-order chi connectivity index (χ0) is 8.55. The molecule has 0 spiro atoms. The molecule has 0 atom stereocenters. The summed E-state index contributed by atoms with van der Waals surface area (Å²) in [6, 6.07) is 5.92. The summed E-state index contributed by atoms with van der Waals surface area (Å²) in [5.41, 5.74) is 3.34. The Kier molecular flexibility index (Phi) is 1.70. The molecule has 0 radical (unpaired) electrons. The van der Waals surface area contributed by atoms with Gasteiger partial charge in [0.15, 0.2) is 0 Å². The van der Waals surface area contributed by atoms with E-state index in [0.717, 1.165) is 24.9 Å². The van der Waals surface area contributed by atoms with Gasteiger partial charge in [-0.3, -0.25) is 9.69 Å². The van der Waals surface area contributed by atoms with Gasteiger partial charge in [-0.15, -0.1) is 0 Å². The molecule has 1 aromatic rings. The summed E-state index contributed by atoms with van der Waals surface area (Å²) in [7, 11) is 2.06. The molecule has 0 aromatic heterocycles. The number of carbonyl (C=O) groups is 1. The molecule has 0 saturated carbocycles. The van der Waals surface area contributed by atoms with Crippen LogP contribution >= 0.6 is 0 Å². The number of hydrogen-bond acceptors (Lipinski definition) is 2. The number of hydrogen-bond donors (Lipinski definition) is 0. The van der Waals surface area contributed by atoms with E-state index in [1.54, 1.807) is 0 Å². The second kappa shape index (κ2) is 2.72. The highest BCUT2D eigenvalue weighted by Gasteiger charge is 2.17. The Hall–Kier alpha value is -1.15. The van der Waals surface area contributed by atoms with Gasteiger partial charge >= 0.3 is 0 Å². The van der Waals surface area contributed by atoms with Crippen LogP contribution in [0.2, 0.25) is 0 Å². The van der Waals surface area contributed by atoms with E-state index in [-0.39, 0.29) is 0 Å². The molecule has 0 N–H and O–H groups in total. The van der Waals surface area contributed by atoms with Gasteiger partial charge in [0.1, 0.15) is 6.29 Å². The molecule has 0 aliphatic carbocycles. The maximum atomic E-state index is 10.7. The number of fused-ring (bicyclic) bond motifs is 1. The fourth-order valence-corrected chi connectivity index (χ4v) is 1.72. The molecule has 12 heavy (non-hydrogen) atoms. The van der Waals surface area contributed by atoms with Crippen molar-refractivity contribution >= 4 is 6.29 Å². The Morgan fingerprint density at radius 2 is 2.25 bits per heavy atom. The van der Waals surface area contributed by atoms with E-state index in [4.69, 9.17) is 0 Å². The van der Waals surface area contributed by atoms with Crippen LogP contribution in [0.1, 0.15) is 21.5 Å². The van der Waals surface area contributed by atoms with Crippen LogP contribution in [0, 0.1) is 0 Å². The molecule has 0 fully saturated rings. The smallest absolute Gasteiger partial charge is 0.150 e. The lowest BCUT2D eigenvalue weighted by molar-refractivity contribution is 0.112. The summed E-state index contributed by atoms with van der Waals surface area (Å²) in [5, 5.41) is 0. The largest absolute Gasteiger partial charge is 0.298 e. The third-order valence-corrected chi connectivity index (χ3v) is 2.30. The molecule has 2 nitrogen and oxygen atoms in total. The predicted molar refractivity (Wildman–Crippen MR) is 47.0 cm³/mol. The highest BCUT2D eigenvalue weighted by atomic mass is 16.1. The first-order valence-corrected chi connectivity index (χ1v) is 4.06. The number of aldehydes is 1. The standard InChI is InChI=1S/C10H11NO/c1-11-5-8-3-2-4-9(7-12)10(8)6-11/h2-4,7H,5-6H2,1H3. The number of nitrogens with zero attached hydrogens (tertiary/aromatic N) is 1. The number of rotatable bonds is 1. The molecule has 1 aromatic carbocycles. The van der Waals surface area contributed by atoms with E-state index in [1.165, 1.54) is 11.1 Å². The Bertz CT molecular complexity index is 320. The highest BCUT2D eigenvalue weighted by molar-refractivity contribution is 5.78. The van der Waals surface area contributed by atoms with Crippen molar-refractivity contribution in [1.82, 2.24) is 4.90 Å². The van der Waals surface area contributed by atoms with Crippen LogP contribution in [-0.2, 0) is 13.1 Å². The fraction of sp³-hybridized carbons (Fsp3) is 0.300. The average Bonchev–Trinajstić information content (AvgIpc) is 2.44. The molecule has 62 valence electrons. The van der Waals surface area contributed by atoms with Crippen molar-refractivity contribution in [1.29, 1.82) is 0 Å². The first-order valence-electron chi connectivity index (χ1n) is 4.06. The molecular formula is C10H11NO. The maximum absolute atomic E-state index is 10.7. The Balaban J connectivity index is 2.51. The second-order valence-electron chi connectivity index (χ2n) is 3.28. The van der Waals surface area contributed by atoms with Gasteiger partial charge in [-0.1, -0.05) is 18.2 Å². The van der Waals surface area contributed by atoms with Crippen LogP contribution < -0.4 is 0 Å². The van der Waals surface area contributed by atoms with E-state index in [1.807, 2.05) is 12.1 Å². The normalized spacial score (nSPS) is 16.1. The van der Waals surface area contributed by atoms with Crippen LogP contribution in [0.4, 0.5) is 0 Å². The first kappa shape index (κ1) is 7.50. The van der Waals surface area contributed by atoms with Crippen molar-refractivity contribution < 1.29 is 4.79 Å². The van der Waals surface area contributed by atoms with Crippen LogP contribution in [0.25, 0.3) is 0 Å². The molecule has 2 rings (SSSR count). The van der Waals surface area contributed by atoms with Crippen molar-refractivity contribution in [2.75, 3.05) is 7.05 Å². The zero-order valence-corrected chi connectivity index (χ0v) is 7.08. The first-order chi connectivity index (χ1) is 5.81. The van der Waals surface area contributed by atoms with Crippen molar-refractivity contribution in [2.24, 2.45) is 0 Å². The lowest BCUT2D eigenvalue weighted by atomic mass is 10.1. The molecule has 0 bridgehead atoms. The van der Waals surface area contributed by atoms with E-state index in [9.17, 15) is 4.79 Å². The minimum Gasteiger partial charge on any atom is -0.298 e.